The van der Waals surface area contributed by atoms with Crippen LogP contribution in [0.1, 0.15) is 15.9 Å². The first-order chi connectivity index (χ1) is 15.7. The second kappa shape index (κ2) is 8.52. The highest BCUT2D eigenvalue weighted by molar-refractivity contribution is 6.06. The fraction of sp³-hybridized carbons (Fsp3) is 0.0357. The minimum absolute atomic E-state index is 0.220. The molecule has 32 heavy (non-hydrogen) atoms. The molecule has 0 unspecified atom stereocenters. The van der Waals surface area contributed by atoms with E-state index in [0.717, 1.165) is 17.4 Å². The summed E-state index contributed by atoms with van der Waals surface area (Å²) in [7, 11) is 0. The van der Waals surface area contributed by atoms with Crippen molar-refractivity contribution in [1.29, 1.82) is 0 Å². The Balaban J connectivity index is 1.32. The minimum atomic E-state index is -0.333. The van der Waals surface area contributed by atoms with Gasteiger partial charge in [0, 0.05) is 34.9 Å². The van der Waals surface area contributed by atoms with E-state index in [1.807, 2.05) is 48.7 Å². The lowest BCUT2D eigenvalue weighted by molar-refractivity contribution is 0.102. The Labute approximate surface area is 185 Å². The molecule has 156 valence electrons. The summed E-state index contributed by atoms with van der Waals surface area (Å²) in [6.07, 6.45) is 2.04. The number of amides is 1. The molecule has 3 nitrogen and oxygen atoms in total. The average molecular weight is 420 g/mol. The van der Waals surface area contributed by atoms with Gasteiger partial charge in [-0.05, 0) is 65.2 Å². The minimum Gasteiger partial charge on any atom is -0.343 e. The summed E-state index contributed by atoms with van der Waals surface area (Å²) in [5.74, 6) is -0.553. The van der Waals surface area contributed by atoms with E-state index in [2.05, 4.69) is 46.3 Å². The number of halogens is 1. The van der Waals surface area contributed by atoms with Crippen molar-refractivity contribution in [2.45, 2.75) is 6.54 Å². The number of carbonyl (C=O) groups excluding carboxylic acids is 1. The molecule has 1 heterocycles. The molecular formula is C28H21FN2O. The molecule has 0 aliphatic carbocycles. The first-order valence-corrected chi connectivity index (χ1v) is 10.5. The van der Waals surface area contributed by atoms with Gasteiger partial charge in [0.1, 0.15) is 5.82 Å². The van der Waals surface area contributed by atoms with Crippen LogP contribution in [0, 0.1) is 5.82 Å². The number of fused-ring (bicyclic) bond motifs is 1. The van der Waals surface area contributed by atoms with E-state index in [1.54, 1.807) is 12.1 Å². The van der Waals surface area contributed by atoms with Crippen LogP contribution in [0.15, 0.2) is 109 Å². The van der Waals surface area contributed by atoms with Crippen molar-refractivity contribution >= 4 is 22.5 Å². The van der Waals surface area contributed by atoms with E-state index in [9.17, 15) is 9.18 Å². The second-order valence-electron chi connectivity index (χ2n) is 7.74. The average Bonchev–Trinajstić information content (AvgIpc) is 3.23. The molecule has 1 amide bonds. The van der Waals surface area contributed by atoms with Gasteiger partial charge in [-0.15, -0.1) is 0 Å². The lowest BCUT2D eigenvalue weighted by Crippen LogP contribution is -2.11. The molecule has 0 spiro atoms. The monoisotopic (exact) mass is 420 g/mol. The molecule has 1 aromatic heterocycles. The molecule has 5 aromatic rings. The molecule has 0 aliphatic rings. The highest BCUT2D eigenvalue weighted by atomic mass is 19.1. The topological polar surface area (TPSA) is 34.0 Å². The van der Waals surface area contributed by atoms with Crippen molar-refractivity contribution in [2.24, 2.45) is 0 Å². The number of carbonyl (C=O) groups is 1. The molecule has 4 heteroatoms. The Morgan fingerprint density at radius 3 is 2.25 bits per heavy atom. The maximum atomic E-state index is 13.1. The Morgan fingerprint density at radius 1 is 0.781 bits per heavy atom. The first kappa shape index (κ1) is 19.8. The van der Waals surface area contributed by atoms with Crippen molar-refractivity contribution in [3.05, 3.63) is 126 Å². The van der Waals surface area contributed by atoms with Crippen molar-refractivity contribution in [3.8, 4) is 11.1 Å². The Bertz CT molecular complexity index is 1370. The summed E-state index contributed by atoms with van der Waals surface area (Å²) >= 11 is 0. The summed E-state index contributed by atoms with van der Waals surface area (Å²) in [5.41, 5.74) is 5.80. The number of hydrogen-bond donors (Lipinski definition) is 1. The zero-order valence-corrected chi connectivity index (χ0v) is 17.3. The second-order valence-corrected chi connectivity index (χ2v) is 7.74. The number of benzene rings is 4. The van der Waals surface area contributed by atoms with Gasteiger partial charge in [-0.2, -0.15) is 0 Å². The van der Waals surface area contributed by atoms with Crippen LogP contribution in [0.5, 0.6) is 0 Å². The van der Waals surface area contributed by atoms with Gasteiger partial charge in [0.05, 0.1) is 0 Å². The fourth-order valence-electron chi connectivity index (χ4n) is 3.85. The number of rotatable bonds is 5. The van der Waals surface area contributed by atoms with Crippen LogP contribution in [-0.4, -0.2) is 10.5 Å². The van der Waals surface area contributed by atoms with Crippen molar-refractivity contribution in [2.75, 3.05) is 5.32 Å². The molecule has 0 saturated carbocycles. The summed E-state index contributed by atoms with van der Waals surface area (Å²) in [6.45, 7) is 0.750. The van der Waals surface area contributed by atoms with Gasteiger partial charge in [0.25, 0.3) is 5.91 Å². The molecule has 0 bridgehead atoms. The first-order valence-electron chi connectivity index (χ1n) is 10.5. The standard InChI is InChI=1S/C28H21FN2O/c29-25-11-13-26(14-12-25)30-28(32)24-10-15-27-23(18-24)16-17-31(27)19-20-6-8-22(9-7-20)21-4-2-1-3-5-21/h1-18H,19H2,(H,30,32). The summed E-state index contributed by atoms with van der Waals surface area (Å²) in [6, 6.07) is 32.3. The van der Waals surface area contributed by atoms with Crippen LogP contribution in [0.3, 0.4) is 0 Å². The molecule has 0 radical (unpaired) electrons. The molecule has 0 fully saturated rings. The van der Waals surface area contributed by atoms with E-state index in [4.69, 9.17) is 0 Å². The summed E-state index contributed by atoms with van der Waals surface area (Å²) in [5, 5.41) is 3.80. The van der Waals surface area contributed by atoms with Gasteiger partial charge in [0.2, 0.25) is 0 Å². The molecule has 1 N–H and O–H groups in total. The zero-order valence-electron chi connectivity index (χ0n) is 17.3. The fourth-order valence-corrected chi connectivity index (χ4v) is 3.85. The third kappa shape index (κ3) is 4.16. The molecule has 5 rings (SSSR count). The molecule has 0 aliphatic heterocycles. The maximum absolute atomic E-state index is 13.1. The lowest BCUT2D eigenvalue weighted by Gasteiger charge is -2.09. The van der Waals surface area contributed by atoms with Crippen LogP contribution in [-0.2, 0) is 6.54 Å². The van der Waals surface area contributed by atoms with E-state index in [0.29, 0.717) is 11.3 Å². The molecule has 0 saturated heterocycles. The number of hydrogen-bond acceptors (Lipinski definition) is 1. The predicted octanol–water partition coefficient (Wildman–Crippen LogP) is 6.75. The third-order valence-corrected chi connectivity index (χ3v) is 5.55. The highest BCUT2D eigenvalue weighted by Gasteiger charge is 2.10. The van der Waals surface area contributed by atoms with Crippen LogP contribution < -0.4 is 5.32 Å². The maximum Gasteiger partial charge on any atom is 0.255 e. The van der Waals surface area contributed by atoms with Crippen LogP contribution in [0.4, 0.5) is 10.1 Å². The van der Waals surface area contributed by atoms with E-state index >= 15 is 0 Å². The van der Waals surface area contributed by atoms with E-state index in [1.165, 1.54) is 28.8 Å². The number of anilines is 1. The van der Waals surface area contributed by atoms with Crippen LogP contribution in [0.2, 0.25) is 0 Å². The number of nitrogens with one attached hydrogen (secondary N) is 1. The quantitative estimate of drug-likeness (QED) is 0.335. The summed E-state index contributed by atoms with van der Waals surface area (Å²) < 4.78 is 15.2. The van der Waals surface area contributed by atoms with Crippen molar-refractivity contribution < 1.29 is 9.18 Å². The highest BCUT2D eigenvalue weighted by Crippen LogP contribution is 2.22. The predicted molar refractivity (Wildman–Crippen MR) is 127 cm³/mol. The zero-order chi connectivity index (χ0) is 21.9. The van der Waals surface area contributed by atoms with Crippen LogP contribution >= 0.6 is 0 Å². The third-order valence-electron chi connectivity index (χ3n) is 5.55. The SMILES string of the molecule is O=C(Nc1ccc(F)cc1)c1ccc2c(ccn2Cc2ccc(-c3ccccc3)cc2)c1. The van der Waals surface area contributed by atoms with Gasteiger partial charge < -0.3 is 9.88 Å². The van der Waals surface area contributed by atoms with Gasteiger partial charge in [-0.25, -0.2) is 4.39 Å². The normalized spacial score (nSPS) is 10.9. The van der Waals surface area contributed by atoms with E-state index < -0.39 is 0 Å². The van der Waals surface area contributed by atoms with Crippen LogP contribution in [0.25, 0.3) is 22.0 Å². The molecule has 4 aromatic carbocycles. The summed E-state index contributed by atoms with van der Waals surface area (Å²) in [4.78, 5) is 12.6. The smallest absolute Gasteiger partial charge is 0.255 e. The number of aromatic nitrogens is 1. The van der Waals surface area contributed by atoms with Gasteiger partial charge in [-0.1, -0.05) is 54.6 Å². The Kier molecular flexibility index (Phi) is 5.26. The lowest BCUT2D eigenvalue weighted by atomic mass is 10.0. The molecule has 0 atom stereocenters. The molecular weight excluding hydrogens is 399 g/mol. The number of nitrogens with zero attached hydrogens (tertiary/aromatic N) is 1. The Hall–Kier alpha value is -4.18. The van der Waals surface area contributed by atoms with Gasteiger partial charge >= 0.3 is 0 Å². The van der Waals surface area contributed by atoms with Gasteiger partial charge in [0.15, 0.2) is 0 Å². The Morgan fingerprint density at radius 2 is 1.50 bits per heavy atom. The van der Waals surface area contributed by atoms with Crippen molar-refractivity contribution in [3.63, 3.8) is 0 Å². The largest absolute Gasteiger partial charge is 0.343 e. The van der Waals surface area contributed by atoms with Crippen molar-refractivity contribution in [1.82, 2.24) is 4.57 Å². The van der Waals surface area contributed by atoms with E-state index in [-0.39, 0.29) is 11.7 Å². The van der Waals surface area contributed by atoms with Gasteiger partial charge in [-0.3, -0.25) is 4.79 Å².